The number of halogens is 1. The van der Waals surface area contributed by atoms with Crippen molar-refractivity contribution in [1.82, 2.24) is 9.96 Å². The van der Waals surface area contributed by atoms with Gasteiger partial charge in [-0.05, 0) is 49.9 Å². The average Bonchev–Trinajstić information content (AvgIpc) is 3.13. The molecule has 1 atom stereocenters. The third-order valence-electron chi connectivity index (χ3n) is 5.00. The summed E-state index contributed by atoms with van der Waals surface area (Å²) >= 11 is 5.98. The van der Waals surface area contributed by atoms with E-state index in [-0.39, 0.29) is 17.6 Å². The molecule has 1 aromatic carbocycles. The second-order valence-electron chi connectivity index (χ2n) is 6.87. The molecule has 2 aliphatic heterocycles. The van der Waals surface area contributed by atoms with E-state index in [0.29, 0.717) is 30.1 Å². The maximum absolute atomic E-state index is 12.9. The van der Waals surface area contributed by atoms with Gasteiger partial charge in [-0.3, -0.25) is 14.4 Å². The Morgan fingerprint density at radius 3 is 2.84 bits per heavy atom. The normalized spacial score (nSPS) is 21.5. The van der Waals surface area contributed by atoms with Gasteiger partial charge in [0, 0.05) is 49.1 Å². The summed E-state index contributed by atoms with van der Waals surface area (Å²) < 4.78 is 0. The molecule has 136 valence electrons. The molecule has 0 aliphatic carbocycles. The number of carbonyl (C=O) groups excluding carboxylic acids is 2. The number of aryl methyl sites for hydroxylation is 1. The second-order valence-corrected chi connectivity index (χ2v) is 7.30. The molecule has 2 saturated heterocycles. The van der Waals surface area contributed by atoms with Crippen molar-refractivity contribution in [2.24, 2.45) is 5.92 Å². The summed E-state index contributed by atoms with van der Waals surface area (Å²) in [5.74, 6) is 0.107. The van der Waals surface area contributed by atoms with Crippen LogP contribution in [0.1, 0.15) is 41.6 Å². The smallest absolute Gasteiger partial charge is 0.223 e. The predicted octanol–water partition coefficient (Wildman–Crippen LogP) is 3.10. The summed E-state index contributed by atoms with van der Waals surface area (Å²) in [5, 5.41) is 2.50. The van der Waals surface area contributed by atoms with Crippen LogP contribution in [0.2, 0.25) is 5.02 Å². The molecule has 6 heteroatoms. The number of benzene rings is 1. The van der Waals surface area contributed by atoms with Crippen molar-refractivity contribution in [2.75, 3.05) is 32.8 Å². The molecule has 2 fully saturated rings. The maximum atomic E-state index is 12.9. The number of hydrogen-bond donors (Lipinski definition) is 0. The van der Waals surface area contributed by atoms with Crippen LogP contribution in [0, 0.1) is 12.8 Å². The van der Waals surface area contributed by atoms with Crippen molar-refractivity contribution in [3.8, 4) is 0 Å². The zero-order valence-electron chi connectivity index (χ0n) is 14.7. The quantitative estimate of drug-likeness (QED) is 0.753. The number of hydroxylamine groups is 2. The highest BCUT2D eigenvalue weighted by molar-refractivity contribution is 6.30. The molecule has 25 heavy (non-hydrogen) atoms. The fraction of sp³-hybridized carbons (Fsp3) is 0.579. The number of likely N-dealkylation sites (tertiary alicyclic amines) is 1. The standard InChI is InChI=1S/C19H25ClN2O3/c1-14-12-16(20)5-6-17(14)19(24)15-4-2-8-21(13-15)18(23)7-10-22-9-3-11-25-22/h5-6,12,15H,2-4,7-11,13H2,1H3/t15-/m1/s1. The SMILES string of the molecule is Cc1cc(Cl)ccc1C(=O)[C@@H]1CCCN(C(=O)CCN2CCCO2)C1. The third kappa shape index (κ3) is 4.60. The highest BCUT2D eigenvalue weighted by Crippen LogP contribution is 2.24. The van der Waals surface area contributed by atoms with Crippen LogP contribution in [0.15, 0.2) is 18.2 Å². The van der Waals surface area contributed by atoms with Crippen molar-refractivity contribution < 1.29 is 14.4 Å². The molecule has 2 heterocycles. The highest BCUT2D eigenvalue weighted by atomic mass is 35.5. The highest BCUT2D eigenvalue weighted by Gasteiger charge is 2.29. The van der Waals surface area contributed by atoms with E-state index in [0.717, 1.165) is 44.5 Å². The Bertz CT molecular complexity index is 644. The van der Waals surface area contributed by atoms with Gasteiger partial charge in [-0.15, -0.1) is 0 Å². The minimum absolute atomic E-state index is 0.112. The van der Waals surface area contributed by atoms with Crippen LogP contribution in [0.5, 0.6) is 0 Å². The molecule has 3 rings (SSSR count). The van der Waals surface area contributed by atoms with Gasteiger partial charge in [0.1, 0.15) is 0 Å². The number of Topliss-reactive ketones (excluding diaryl/α,β-unsaturated/α-hetero) is 1. The van der Waals surface area contributed by atoms with Crippen LogP contribution in [0.4, 0.5) is 0 Å². The van der Waals surface area contributed by atoms with Crippen LogP contribution >= 0.6 is 11.6 Å². The van der Waals surface area contributed by atoms with Gasteiger partial charge in [-0.2, -0.15) is 5.06 Å². The lowest BCUT2D eigenvalue weighted by atomic mass is 9.88. The summed E-state index contributed by atoms with van der Waals surface area (Å²) in [4.78, 5) is 32.6. The zero-order valence-corrected chi connectivity index (χ0v) is 15.4. The molecular weight excluding hydrogens is 340 g/mol. The first-order chi connectivity index (χ1) is 12.0. The first kappa shape index (κ1) is 18.4. The van der Waals surface area contributed by atoms with Crippen LogP contribution < -0.4 is 0 Å². The van der Waals surface area contributed by atoms with Crippen molar-refractivity contribution in [3.63, 3.8) is 0 Å². The molecule has 0 aromatic heterocycles. The number of nitrogens with zero attached hydrogens (tertiary/aromatic N) is 2. The predicted molar refractivity (Wildman–Crippen MR) is 96.6 cm³/mol. The van der Waals surface area contributed by atoms with Gasteiger partial charge in [0.05, 0.1) is 6.61 Å². The van der Waals surface area contributed by atoms with E-state index >= 15 is 0 Å². The van der Waals surface area contributed by atoms with Gasteiger partial charge in [0.15, 0.2) is 5.78 Å². The van der Waals surface area contributed by atoms with E-state index in [1.54, 1.807) is 12.1 Å². The number of piperidine rings is 1. The van der Waals surface area contributed by atoms with Crippen molar-refractivity contribution in [3.05, 3.63) is 34.3 Å². The molecule has 0 saturated carbocycles. The Morgan fingerprint density at radius 2 is 2.12 bits per heavy atom. The molecule has 0 radical (unpaired) electrons. The lowest BCUT2D eigenvalue weighted by Crippen LogP contribution is -2.43. The first-order valence-electron chi connectivity index (χ1n) is 9.00. The molecule has 0 N–H and O–H groups in total. The van der Waals surface area contributed by atoms with Crippen molar-refractivity contribution in [1.29, 1.82) is 0 Å². The summed E-state index contributed by atoms with van der Waals surface area (Å²) in [6.45, 7) is 5.42. The lowest BCUT2D eigenvalue weighted by molar-refractivity contribution is -0.139. The minimum atomic E-state index is -0.124. The molecule has 1 aromatic rings. The van der Waals surface area contributed by atoms with Crippen LogP contribution in [0.3, 0.4) is 0 Å². The maximum Gasteiger partial charge on any atom is 0.223 e. The Kier molecular flexibility index (Phi) is 6.10. The molecule has 0 bridgehead atoms. The van der Waals surface area contributed by atoms with Gasteiger partial charge in [-0.1, -0.05) is 11.6 Å². The topological polar surface area (TPSA) is 49.9 Å². The zero-order chi connectivity index (χ0) is 17.8. The summed E-state index contributed by atoms with van der Waals surface area (Å²) in [5.41, 5.74) is 1.61. The number of ketones is 1. The van der Waals surface area contributed by atoms with Crippen LogP contribution in [-0.2, 0) is 9.63 Å². The fourth-order valence-electron chi connectivity index (χ4n) is 3.60. The molecular formula is C19H25ClN2O3. The van der Waals surface area contributed by atoms with E-state index in [2.05, 4.69) is 0 Å². The Morgan fingerprint density at radius 1 is 1.28 bits per heavy atom. The monoisotopic (exact) mass is 364 g/mol. The number of hydrogen-bond acceptors (Lipinski definition) is 4. The Labute approximate surface area is 153 Å². The van der Waals surface area contributed by atoms with Crippen molar-refractivity contribution in [2.45, 2.75) is 32.6 Å². The molecule has 1 amide bonds. The van der Waals surface area contributed by atoms with E-state index in [1.807, 2.05) is 23.0 Å². The van der Waals surface area contributed by atoms with E-state index in [4.69, 9.17) is 16.4 Å². The summed E-state index contributed by atoms with van der Waals surface area (Å²) in [6, 6.07) is 5.37. The van der Waals surface area contributed by atoms with Crippen molar-refractivity contribution >= 4 is 23.3 Å². The summed E-state index contributed by atoms with van der Waals surface area (Å²) in [7, 11) is 0. The minimum Gasteiger partial charge on any atom is -0.342 e. The molecule has 5 nitrogen and oxygen atoms in total. The number of carbonyl (C=O) groups is 2. The number of rotatable bonds is 5. The van der Waals surface area contributed by atoms with E-state index < -0.39 is 0 Å². The third-order valence-corrected chi connectivity index (χ3v) is 5.23. The average molecular weight is 365 g/mol. The van der Waals surface area contributed by atoms with E-state index in [9.17, 15) is 9.59 Å². The summed E-state index contributed by atoms with van der Waals surface area (Å²) in [6.07, 6.45) is 3.17. The van der Waals surface area contributed by atoms with Gasteiger partial charge >= 0.3 is 0 Å². The Hall–Kier alpha value is -1.43. The largest absolute Gasteiger partial charge is 0.342 e. The van der Waals surface area contributed by atoms with Gasteiger partial charge in [0.25, 0.3) is 0 Å². The van der Waals surface area contributed by atoms with Crippen LogP contribution in [-0.4, -0.2) is 54.4 Å². The fourth-order valence-corrected chi connectivity index (χ4v) is 3.82. The molecule has 0 spiro atoms. The first-order valence-corrected chi connectivity index (χ1v) is 9.38. The molecule has 2 aliphatic rings. The lowest BCUT2D eigenvalue weighted by Gasteiger charge is -2.32. The van der Waals surface area contributed by atoms with Gasteiger partial charge in [0.2, 0.25) is 5.91 Å². The number of amides is 1. The van der Waals surface area contributed by atoms with E-state index in [1.165, 1.54) is 0 Å². The van der Waals surface area contributed by atoms with Crippen LogP contribution in [0.25, 0.3) is 0 Å². The van der Waals surface area contributed by atoms with Gasteiger partial charge < -0.3 is 4.90 Å². The molecule has 0 unspecified atom stereocenters. The Balaban J connectivity index is 1.58. The van der Waals surface area contributed by atoms with Gasteiger partial charge in [-0.25, -0.2) is 0 Å². The second kappa shape index (κ2) is 8.30.